The zero-order valence-corrected chi connectivity index (χ0v) is 16.9. The molecule has 1 aliphatic heterocycles. The maximum Gasteiger partial charge on any atom is 0.328 e. The summed E-state index contributed by atoms with van der Waals surface area (Å²) in [5.74, 6) is 0.640. The topological polar surface area (TPSA) is 44.7 Å². The fraction of sp³-hybridized carbons (Fsp3) is 0.167. The molecule has 29 heavy (non-hydrogen) atoms. The van der Waals surface area contributed by atoms with Crippen LogP contribution in [-0.4, -0.2) is 11.9 Å². The highest BCUT2D eigenvalue weighted by atomic mass is 35.5. The van der Waals surface area contributed by atoms with Gasteiger partial charge in [0.2, 0.25) is 0 Å². The molecule has 1 saturated heterocycles. The third-order valence-corrected chi connectivity index (χ3v) is 5.31. The summed E-state index contributed by atoms with van der Waals surface area (Å²) in [6.45, 7) is 2.62. The number of nitrogens with zero attached hydrogens (tertiary/aromatic N) is 2. The van der Waals surface area contributed by atoms with E-state index in [1.165, 1.54) is 5.56 Å². The summed E-state index contributed by atoms with van der Waals surface area (Å²) < 4.78 is 0. The molecular formula is C24H22ClN3O. The van der Waals surface area contributed by atoms with Crippen LogP contribution in [0.5, 0.6) is 0 Å². The number of carbonyl (C=O) groups is 1. The molecule has 3 aromatic rings. The average Bonchev–Trinajstić information content (AvgIpc) is 3.09. The Kier molecular flexibility index (Phi) is 5.63. The van der Waals surface area contributed by atoms with Crippen molar-refractivity contribution in [1.29, 1.82) is 0 Å². The Balaban J connectivity index is 1.72. The second-order valence-electron chi connectivity index (χ2n) is 6.96. The minimum Gasteiger partial charge on any atom is -0.294 e. The van der Waals surface area contributed by atoms with E-state index >= 15 is 0 Å². The van der Waals surface area contributed by atoms with Crippen LogP contribution in [0.15, 0.2) is 83.9 Å². The summed E-state index contributed by atoms with van der Waals surface area (Å²) >= 11 is 6.08. The second kappa shape index (κ2) is 8.50. The smallest absolute Gasteiger partial charge is 0.294 e. The molecule has 0 aliphatic carbocycles. The molecule has 1 atom stereocenters. The first kappa shape index (κ1) is 19.2. The van der Waals surface area contributed by atoms with Gasteiger partial charge < -0.3 is 0 Å². The van der Waals surface area contributed by atoms with Gasteiger partial charge in [0.05, 0.1) is 6.54 Å². The lowest BCUT2D eigenvalue weighted by molar-refractivity contribution is 0.252. The van der Waals surface area contributed by atoms with Gasteiger partial charge in [0.25, 0.3) is 0 Å². The van der Waals surface area contributed by atoms with Gasteiger partial charge in [-0.05, 0) is 47.4 Å². The molecule has 0 radical (unpaired) electrons. The molecule has 1 N–H and O–H groups in total. The molecular weight excluding hydrogens is 382 g/mol. The zero-order chi connectivity index (χ0) is 20.2. The Morgan fingerprint density at radius 2 is 1.62 bits per heavy atom. The Labute approximate surface area is 175 Å². The van der Waals surface area contributed by atoms with E-state index in [1.54, 1.807) is 4.90 Å². The number of anilines is 1. The van der Waals surface area contributed by atoms with Crippen LogP contribution >= 0.6 is 11.6 Å². The fourth-order valence-electron chi connectivity index (χ4n) is 3.47. The van der Waals surface area contributed by atoms with Crippen molar-refractivity contribution < 1.29 is 4.79 Å². The van der Waals surface area contributed by atoms with E-state index in [4.69, 9.17) is 16.6 Å². The van der Waals surface area contributed by atoms with Gasteiger partial charge in [-0.3, -0.25) is 15.2 Å². The van der Waals surface area contributed by atoms with Crippen molar-refractivity contribution in [2.24, 2.45) is 4.99 Å². The van der Waals surface area contributed by atoms with E-state index in [9.17, 15) is 4.79 Å². The Morgan fingerprint density at radius 3 is 2.28 bits per heavy atom. The monoisotopic (exact) mass is 403 g/mol. The van der Waals surface area contributed by atoms with Gasteiger partial charge in [0.1, 0.15) is 11.9 Å². The number of urea groups is 1. The average molecular weight is 404 g/mol. The molecule has 0 aromatic heterocycles. The fourth-order valence-corrected chi connectivity index (χ4v) is 3.60. The third-order valence-electron chi connectivity index (χ3n) is 5.05. The van der Waals surface area contributed by atoms with E-state index in [-0.39, 0.29) is 12.1 Å². The Morgan fingerprint density at radius 1 is 0.931 bits per heavy atom. The van der Waals surface area contributed by atoms with Crippen molar-refractivity contribution in [3.05, 3.63) is 101 Å². The lowest BCUT2D eigenvalue weighted by atomic mass is 10.0. The molecule has 1 heterocycles. The molecule has 2 amide bonds. The SMILES string of the molecule is CCc1ccc(N2C(=O)NC(=NCc3ccccc3)C2c2ccc(Cl)cc2)cc1. The van der Waals surface area contributed by atoms with Crippen LogP contribution < -0.4 is 10.2 Å². The third kappa shape index (κ3) is 4.17. The number of amides is 2. The lowest BCUT2D eigenvalue weighted by Gasteiger charge is -2.23. The number of aliphatic imine (C=N–C) groups is 1. The van der Waals surface area contributed by atoms with Gasteiger partial charge >= 0.3 is 6.03 Å². The number of amidine groups is 1. The summed E-state index contributed by atoms with van der Waals surface area (Å²) in [7, 11) is 0. The number of hydrogen-bond acceptors (Lipinski definition) is 2. The summed E-state index contributed by atoms with van der Waals surface area (Å²) in [4.78, 5) is 19.4. The zero-order valence-electron chi connectivity index (χ0n) is 16.2. The molecule has 0 spiro atoms. The molecule has 0 saturated carbocycles. The number of benzene rings is 3. The first-order chi connectivity index (χ1) is 14.2. The van der Waals surface area contributed by atoms with Crippen molar-refractivity contribution in [3.63, 3.8) is 0 Å². The number of hydrogen-bond donors (Lipinski definition) is 1. The number of aryl methyl sites for hydroxylation is 1. The predicted molar refractivity (Wildman–Crippen MR) is 119 cm³/mol. The van der Waals surface area contributed by atoms with Gasteiger partial charge in [-0.25, -0.2) is 4.79 Å². The Hall–Kier alpha value is -3.11. The molecule has 1 unspecified atom stereocenters. The largest absolute Gasteiger partial charge is 0.328 e. The quantitative estimate of drug-likeness (QED) is 0.577. The van der Waals surface area contributed by atoms with E-state index in [0.717, 1.165) is 23.2 Å². The highest BCUT2D eigenvalue weighted by molar-refractivity contribution is 6.30. The molecule has 4 rings (SSSR count). The van der Waals surface area contributed by atoms with Gasteiger partial charge in [-0.15, -0.1) is 0 Å². The number of carbonyl (C=O) groups excluding carboxylic acids is 1. The van der Waals surface area contributed by atoms with Gasteiger partial charge in [-0.1, -0.05) is 73.1 Å². The van der Waals surface area contributed by atoms with Crippen LogP contribution in [0.1, 0.15) is 29.7 Å². The first-order valence-electron chi connectivity index (χ1n) is 9.68. The van der Waals surface area contributed by atoms with Gasteiger partial charge in [-0.2, -0.15) is 0 Å². The standard InChI is InChI=1S/C24H22ClN3O/c1-2-17-8-14-21(15-9-17)28-22(19-10-12-20(25)13-11-19)23(27-24(28)29)26-16-18-6-4-3-5-7-18/h3-15,22H,2,16H2,1H3,(H,26,27,29). The van der Waals surface area contributed by atoms with Crippen LogP contribution in [0.2, 0.25) is 5.02 Å². The summed E-state index contributed by atoms with van der Waals surface area (Å²) in [6, 6.07) is 25.2. The van der Waals surface area contributed by atoms with Crippen molar-refractivity contribution in [2.75, 3.05) is 4.90 Å². The van der Waals surface area contributed by atoms with Crippen LogP contribution in [0.4, 0.5) is 10.5 Å². The molecule has 1 aliphatic rings. The molecule has 146 valence electrons. The number of halogens is 1. The van der Waals surface area contributed by atoms with Crippen LogP contribution in [0, 0.1) is 0 Å². The van der Waals surface area contributed by atoms with Crippen LogP contribution in [0.3, 0.4) is 0 Å². The molecule has 3 aromatic carbocycles. The van der Waals surface area contributed by atoms with Crippen molar-refractivity contribution in [1.82, 2.24) is 5.32 Å². The Bertz CT molecular complexity index is 1010. The normalized spacial score (nSPS) is 17.6. The van der Waals surface area contributed by atoms with E-state index in [0.29, 0.717) is 17.4 Å². The van der Waals surface area contributed by atoms with E-state index in [1.807, 2.05) is 66.7 Å². The van der Waals surface area contributed by atoms with Crippen LogP contribution in [0.25, 0.3) is 0 Å². The maximum absolute atomic E-state index is 12.9. The highest BCUT2D eigenvalue weighted by Gasteiger charge is 2.38. The first-order valence-corrected chi connectivity index (χ1v) is 10.1. The molecule has 4 nitrogen and oxygen atoms in total. The predicted octanol–water partition coefficient (Wildman–Crippen LogP) is 5.77. The maximum atomic E-state index is 12.9. The minimum atomic E-state index is -0.323. The highest BCUT2D eigenvalue weighted by Crippen LogP contribution is 2.33. The van der Waals surface area contributed by atoms with Gasteiger partial charge in [0, 0.05) is 10.7 Å². The summed E-state index contributed by atoms with van der Waals surface area (Å²) in [5, 5.41) is 3.63. The van der Waals surface area contributed by atoms with Crippen molar-refractivity contribution >= 4 is 29.2 Å². The number of nitrogens with one attached hydrogen (secondary N) is 1. The lowest BCUT2D eigenvalue weighted by Crippen LogP contribution is -2.29. The second-order valence-corrected chi connectivity index (χ2v) is 7.40. The van der Waals surface area contributed by atoms with Crippen LogP contribution in [-0.2, 0) is 13.0 Å². The van der Waals surface area contributed by atoms with Crippen molar-refractivity contribution in [2.45, 2.75) is 25.9 Å². The molecule has 1 fully saturated rings. The van der Waals surface area contributed by atoms with Crippen molar-refractivity contribution in [3.8, 4) is 0 Å². The van der Waals surface area contributed by atoms with Gasteiger partial charge in [0.15, 0.2) is 0 Å². The summed E-state index contributed by atoms with van der Waals surface area (Å²) in [6.07, 6.45) is 0.955. The van der Waals surface area contributed by atoms with E-state index < -0.39 is 0 Å². The number of rotatable bonds is 5. The molecule has 0 bridgehead atoms. The molecule has 5 heteroatoms. The summed E-state index contributed by atoms with van der Waals surface area (Å²) in [5.41, 5.74) is 4.12. The van der Waals surface area contributed by atoms with E-state index in [2.05, 4.69) is 24.4 Å². The minimum absolute atomic E-state index is 0.180.